The predicted molar refractivity (Wildman–Crippen MR) is 129 cm³/mol. The zero-order chi connectivity index (χ0) is 25.2. The van der Waals surface area contributed by atoms with E-state index in [4.69, 9.17) is 18.9 Å². The Morgan fingerprint density at radius 3 is 1.91 bits per heavy atom. The van der Waals surface area contributed by atoms with Crippen LogP contribution in [0.1, 0.15) is 15.9 Å². The van der Waals surface area contributed by atoms with Crippen LogP contribution in [0.25, 0.3) is 0 Å². The number of esters is 1. The third-order valence-corrected chi connectivity index (χ3v) is 4.77. The average molecular weight is 479 g/mol. The normalized spacial score (nSPS) is 10.1. The first-order valence-corrected chi connectivity index (χ1v) is 10.7. The van der Waals surface area contributed by atoms with Gasteiger partial charge in [-0.15, -0.1) is 0 Å². The van der Waals surface area contributed by atoms with Gasteiger partial charge in [0.15, 0.2) is 6.61 Å². The van der Waals surface area contributed by atoms with Crippen molar-refractivity contribution in [1.29, 1.82) is 0 Å². The van der Waals surface area contributed by atoms with Crippen LogP contribution in [0.2, 0.25) is 0 Å². The maximum Gasteiger partial charge on any atom is 0.325 e. The molecule has 0 atom stereocenters. The smallest absolute Gasteiger partial charge is 0.325 e. The zero-order valence-corrected chi connectivity index (χ0v) is 19.6. The minimum atomic E-state index is -0.759. The number of carbonyl (C=O) groups is 3. The van der Waals surface area contributed by atoms with Gasteiger partial charge in [0.05, 0.1) is 14.2 Å². The van der Waals surface area contributed by atoms with Gasteiger partial charge < -0.3 is 29.6 Å². The summed E-state index contributed by atoms with van der Waals surface area (Å²) in [6, 6.07) is 19.0. The van der Waals surface area contributed by atoms with Crippen molar-refractivity contribution in [2.24, 2.45) is 0 Å². The molecule has 0 saturated carbocycles. The molecule has 0 fully saturated rings. The number of nitrogens with one attached hydrogen (secondary N) is 2. The molecule has 9 heteroatoms. The summed E-state index contributed by atoms with van der Waals surface area (Å²) in [6.45, 7) is 1.09. The SMILES string of the molecule is COc1cc(OC)cc(C(=O)NCC(=O)OCC(=O)Nc2ccc(Oc3ccc(C)cc3)cc2)c1. The van der Waals surface area contributed by atoms with Crippen molar-refractivity contribution in [3.63, 3.8) is 0 Å². The van der Waals surface area contributed by atoms with Crippen molar-refractivity contribution in [3.8, 4) is 23.0 Å². The van der Waals surface area contributed by atoms with Crippen molar-refractivity contribution < 1.29 is 33.3 Å². The van der Waals surface area contributed by atoms with E-state index in [1.165, 1.54) is 26.4 Å². The first-order valence-electron chi connectivity index (χ1n) is 10.7. The Labute approximate surface area is 203 Å². The van der Waals surface area contributed by atoms with Gasteiger partial charge in [-0.25, -0.2) is 0 Å². The van der Waals surface area contributed by atoms with E-state index in [-0.39, 0.29) is 5.56 Å². The first kappa shape index (κ1) is 25.1. The summed E-state index contributed by atoms with van der Waals surface area (Å²) >= 11 is 0. The molecule has 0 radical (unpaired) electrons. The molecule has 35 heavy (non-hydrogen) atoms. The van der Waals surface area contributed by atoms with Crippen LogP contribution < -0.4 is 24.8 Å². The maximum absolute atomic E-state index is 12.3. The van der Waals surface area contributed by atoms with Gasteiger partial charge in [0.2, 0.25) is 0 Å². The van der Waals surface area contributed by atoms with Crippen LogP contribution in [0.4, 0.5) is 5.69 Å². The van der Waals surface area contributed by atoms with Crippen LogP contribution in [-0.2, 0) is 14.3 Å². The predicted octanol–water partition coefficient (Wildman–Crippen LogP) is 3.72. The summed E-state index contributed by atoms with van der Waals surface area (Å²) in [7, 11) is 2.93. The standard InChI is InChI=1S/C26H26N2O7/c1-17-4-8-20(9-5-17)35-21-10-6-19(7-11-21)28-24(29)16-34-25(30)15-27-26(31)18-12-22(32-2)14-23(13-18)33-3/h4-14H,15-16H2,1-3H3,(H,27,31)(H,28,29). The van der Waals surface area contributed by atoms with Crippen molar-refractivity contribution in [3.05, 3.63) is 77.9 Å². The van der Waals surface area contributed by atoms with Crippen molar-refractivity contribution in [1.82, 2.24) is 5.32 Å². The van der Waals surface area contributed by atoms with Gasteiger partial charge in [0, 0.05) is 17.3 Å². The molecule has 0 unspecified atom stereocenters. The number of hydrogen-bond donors (Lipinski definition) is 2. The summed E-state index contributed by atoms with van der Waals surface area (Å²) in [4.78, 5) is 36.3. The minimum Gasteiger partial charge on any atom is -0.497 e. The van der Waals surface area contributed by atoms with Gasteiger partial charge in [0.1, 0.15) is 29.5 Å². The lowest BCUT2D eigenvalue weighted by molar-refractivity contribution is -0.146. The fourth-order valence-electron chi connectivity index (χ4n) is 2.94. The molecule has 2 N–H and O–H groups in total. The number of benzene rings is 3. The lowest BCUT2D eigenvalue weighted by atomic mass is 10.2. The van der Waals surface area contributed by atoms with Gasteiger partial charge >= 0.3 is 5.97 Å². The summed E-state index contributed by atoms with van der Waals surface area (Å²) in [6.07, 6.45) is 0. The fourth-order valence-corrected chi connectivity index (χ4v) is 2.94. The lowest BCUT2D eigenvalue weighted by Gasteiger charge is -2.10. The number of aryl methyl sites for hydroxylation is 1. The molecule has 0 aliphatic heterocycles. The van der Waals surface area contributed by atoms with E-state index in [0.717, 1.165) is 5.56 Å². The molecule has 3 rings (SSSR count). The molecule has 0 aromatic heterocycles. The quantitative estimate of drug-likeness (QED) is 0.427. The monoisotopic (exact) mass is 478 g/mol. The highest BCUT2D eigenvalue weighted by molar-refractivity contribution is 5.97. The Morgan fingerprint density at radius 2 is 1.34 bits per heavy atom. The second kappa shape index (κ2) is 12.1. The molecule has 0 saturated heterocycles. The van der Waals surface area contributed by atoms with Gasteiger partial charge in [-0.2, -0.15) is 0 Å². The Balaban J connectivity index is 1.42. The number of carbonyl (C=O) groups excluding carboxylic acids is 3. The van der Waals surface area contributed by atoms with Crippen LogP contribution >= 0.6 is 0 Å². The molecule has 0 spiro atoms. The van der Waals surface area contributed by atoms with E-state index >= 15 is 0 Å². The second-order valence-corrected chi connectivity index (χ2v) is 7.43. The molecule has 0 heterocycles. The maximum atomic E-state index is 12.3. The molecular formula is C26H26N2O7. The molecule has 182 valence electrons. The first-order chi connectivity index (χ1) is 16.9. The van der Waals surface area contributed by atoms with E-state index in [1.54, 1.807) is 30.3 Å². The molecule has 3 aromatic rings. The van der Waals surface area contributed by atoms with Gasteiger partial charge in [-0.1, -0.05) is 17.7 Å². The highest BCUT2D eigenvalue weighted by Gasteiger charge is 2.13. The van der Waals surface area contributed by atoms with Crippen LogP contribution in [0.5, 0.6) is 23.0 Å². The van der Waals surface area contributed by atoms with Crippen molar-refractivity contribution in [2.45, 2.75) is 6.92 Å². The van der Waals surface area contributed by atoms with E-state index in [2.05, 4.69) is 10.6 Å². The summed E-state index contributed by atoms with van der Waals surface area (Å²) in [5.41, 5.74) is 1.90. The summed E-state index contributed by atoms with van der Waals surface area (Å²) in [5.74, 6) is 0.391. The Bertz CT molecular complexity index is 1150. The molecule has 0 aliphatic carbocycles. The molecule has 3 aromatic carbocycles. The Hall–Kier alpha value is -4.53. The van der Waals surface area contributed by atoms with Crippen LogP contribution in [0.15, 0.2) is 66.7 Å². The number of ether oxygens (including phenoxy) is 4. The zero-order valence-electron chi connectivity index (χ0n) is 19.6. The highest BCUT2D eigenvalue weighted by Crippen LogP contribution is 2.24. The van der Waals surface area contributed by atoms with Crippen molar-refractivity contribution >= 4 is 23.5 Å². The highest BCUT2D eigenvalue weighted by atomic mass is 16.5. The second-order valence-electron chi connectivity index (χ2n) is 7.43. The third kappa shape index (κ3) is 7.78. The molecule has 0 bridgehead atoms. The average Bonchev–Trinajstić information content (AvgIpc) is 2.88. The number of rotatable bonds is 10. The lowest BCUT2D eigenvalue weighted by Crippen LogP contribution is -2.32. The van der Waals surface area contributed by atoms with Gasteiger partial charge in [0.25, 0.3) is 11.8 Å². The molecule has 9 nitrogen and oxygen atoms in total. The Morgan fingerprint density at radius 1 is 0.771 bits per heavy atom. The van der Waals surface area contributed by atoms with Crippen LogP contribution in [0, 0.1) is 6.92 Å². The van der Waals surface area contributed by atoms with Crippen molar-refractivity contribution in [2.75, 3.05) is 32.7 Å². The minimum absolute atomic E-state index is 0.251. The van der Waals surface area contributed by atoms with Crippen LogP contribution in [-0.4, -0.2) is 45.2 Å². The van der Waals surface area contributed by atoms with Crippen LogP contribution in [0.3, 0.4) is 0 Å². The fraction of sp³-hybridized carbons (Fsp3) is 0.192. The summed E-state index contributed by atoms with van der Waals surface area (Å²) < 4.78 is 20.9. The topological polar surface area (TPSA) is 112 Å². The van der Waals surface area contributed by atoms with E-state index in [9.17, 15) is 14.4 Å². The van der Waals surface area contributed by atoms with E-state index < -0.39 is 30.9 Å². The number of methoxy groups -OCH3 is 2. The van der Waals surface area contributed by atoms with E-state index in [1.807, 2.05) is 31.2 Å². The number of amides is 2. The molecular weight excluding hydrogens is 452 g/mol. The molecule has 2 amide bonds. The third-order valence-electron chi connectivity index (χ3n) is 4.77. The molecule has 0 aliphatic rings. The van der Waals surface area contributed by atoms with E-state index in [0.29, 0.717) is 28.7 Å². The largest absolute Gasteiger partial charge is 0.497 e. The number of anilines is 1. The number of hydrogen-bond acceptors (Lipinski definition) is 7. The Kier molecular flexibility index (Phi) is 8.66. The summed E-state index contributed by atoms with van der Waals surface area (Å²) in [5, 5.41) is 5.06. The van der Waals surface area contributed by atoms with Gasteiger partial charge in [-0.05, 0) is 55.5 Å². The van der Waals surface area contributed by atoms with Gasteiger partial charge in [-0.3, -0.25) is 14.4 Å².